The van der Waals surface area contributed by atoms with E-state index in [1.165, 1.54) is 18.2 Å². The molecule has 74 valence electrons. The van der Waals surface area contributed by atoms with Crippen molar-refractivity contribution in [2.45, 2.75) is 18.8 Å². The maximum atomic E-state index is 12.8. The number of aromatic nitrogens is 1. The number of alkyl halides is 2. The van der Waals surface area contributed by atoms with Gasteiger partial charge in [-0.15, -0.1) is 0 Å². The Morgan fingerprint density at radius 3 is 2.57 bits per heavy atom. The zero-order valence-corrected chi connectivity index (χ0v) is 7.30. The molecule has 0 N–H and O–H groups in total. The molecular weight excluding hydrogens is 191 g/mol. The molecule has 4 heteroatoms. The number of nitrogens with zero attached hydrogens (tertiary/aromatic N) is 1. The highest BCUT2D eigenvalue weighted by Gasteiger charge is 2.34. The van der Waals surface area contributed by atoms with Crippen molar-refractivity contribution >= 4 is 5.57 Å². The molecule has 1 nitrogen and oxygen atoms in total. The molecule has 1 aliphatic carbocycles. The maximum Gasteiger partial charge on any atom is 0.255 e. The average molecular weight is 199 g/mol. The van der Waals surface area contributed by atoms with Gasteiger partial charge < -0.3 is 0 Å². The molecule has 0 fully saturated rings. The topological polar surface area (TPSA) is 12.9 Å². The van der Waals surface area contributed by atoms with Crippen LogP contribution in [0.2, 0.25) is 0 Å². The van der Waals surface area contributed by atoms with Crippen LogP contribution in [0.1, 0.15) is 18.5 Å². The Balaban J connectivity index is 2.22. The molecule has 0 spiro atoms. The van der Waals surface area contributed by atoms with Crippen LogP contribution in [0.25, 0.3) is 5.57 Å². The van der Waals surface area contributed by atoms with Crippen LogP contribution in [0, 0.1) is 5.82 Å². The molecule has 1 aliphatic rings. The largest absolute Gasteiger partial charge is 0.255 e. The Hall–Kier alpha value is -1.32. The maximum absolute atomic E-state index is 12.8. The zero-order chi connectivity index (χ0) is 10.2. The lowest BCUT2D eigenvalue weighted by Gasteiger charge is -2.07. The molecule has 0 saturated carbocycles. The van der Waals surface area contributed by atoms with E-state index in [1.807, 2.05) is 0 Å². The molecule has 1 aromatic heterocycles. The Labute approximate surface area is 79.3 Å². The molecule has 0 saturated heterocycles. The van der Waals surface area contributed by atoms with Crippen molar-refractivity contribution in [1.82, 2.24) is 4.98 Å². The van der Waals surface area contributed by atoms with Crippen molar-refractivity contribution < 1.29 is 13.2 Å². The van der Waals surface area contributed by atoms with Crippen molar-refractivity contribution in [2.75, 3.05) is 0 Å². The van der Waals surface area contributed by atoms with Crippen LogP contribution in [0.15, 0.2) is 24.4 Å². The summed E-state index contributed by atoms with van der Waals surface area (Å²) in [6, 6.07) is 2.64. The third kappa shape index (κ3) is 1.78. The van der Waals surface area contributed by atoms with Crippen LogP contribution < -0.4 is 0 Å². The van der Waals surface area contributed by atoms with Crippen LogP contribution in [0.4, 0.5) is 13.2 Å². The second kappa shape index (κ2) is 3.12. The zero-order valence-electron chi connectivity index (χ0n) is 7.30. The van der Waals surface area contributed by atoms with Crippen LogP contribution in [-0.2, 0) is 0 Å². The Morgan fingerprint density at radius 2 is 2.07 bits per heavy atom. The van der Waals surface area contributed by atoms with Crippen LogP contribution >= 0.6 is 0 Å². The van der Waals surface area contributed by atoms with Gasteiger partial charge in [0.25, 0.3) is 5.92 Å². The summed E-state index contributed by atoms with van der Waals surface area (Å²) in [7, 11) is 0. The van der Waals surface area contributed by atoms with Gasteiger partial charge in [0.2, 0.25) is 0 Å². The first-order chi connectivity index (χ1) is 6.57. The summed E-state index contributed by atoms with van der Waals surface area (Å²) in [6.45, 7) is 0. The molecule has 14 heavy (non-hydrogen) atoms. The summed E-state index contributed by atoms with van der Waals surface area (Å²) in [5, 5.41) is 0. The summed E-state index contributed by atoms with van der Waals surface area (Å²) in [4.78, 5) is 3.75. The minimum atomic E-state index is -2.66. The van der Waals surface area contributed by atoms with E-state index in [-0.39, 0.29) is 12.8 Å². The number of pyridine rings is 1. The highest BCUT2D eigenvalue weighted by molar-refractivity contribution is 5.65. The third-order valence-electron chi connectivity index (χ3n) is 2.15. The quantitative estimate of drug-likeness (QED) is 0.677. The standard InChI is InChI=1S/C10H8F3N/c11-8-1-2-9(14-6-8)7-3-4-10(12,13)5-7/h1-3,6H,4-5H2. The van der Waals surface area contributed by atoms with E-state index in [9.17, 15) is 13.2 Å². The third-order valence-corrected chi connectivity index (χ3v) is 2.15. The van der Waals surface area contributed by atoms with Gasteiger partial charge in [0.05, 0.1) is 11.9 Å². The molecule has 0 amide bonds. The summed E-state index contributed by atoms with van der Waals surface area (Å²) >= 11 is 0. The summed E-state index contributed by atoms with van der Waals surface area (Å²) in [6.07, 6.45) is 1.94. The number of allylic oxidation sites excluding steroid dienone is 2. The molecule has 2 rings (SSSR count). The lowest BCUT2D eigenvalue weighted by atomic mass is 10.1. The highest BCUT2D eigenvalue weighted by atomic mass is 19.3. The first kappa shape index (κ1) is 9.24. The van der Waals surface area contributed by atoms with Gasteiger partial charge in [-0.2, -0.15) is 0 Å². The first-order valence-corrected chi connectivity index (χ1v) is 4.26. The fourth-order valence-electron chi connectivity index (χ4n) is 1.46. The van der Waals surface area contributed by atoms with Gasteiger partial charge in [0, 0.05) is 12.8 Å². The molecule has 0 unspecified atom stereocenters. The van der Waals surface area contributed by atoms with Crippen LogP contribution in [0.3, 0.4) is 0 Å². The second-order valence-corrected chi connectivity index (χ2v) is 3.33. The van der Waals surface area contributed by atoms with Gasteiger partial charge >= 0.3 is 0 Å². The van der Waals surface area contributed by atoms with Gasteiger partial charge in [-0.1, -0.05) is 6.08 Å². The Kier molecular flexibility index (Phi) is 2.06. The predicted molar refractivity (Wildman–Crippen MR) is 46.4 cm³/mol. The smallest absolute Gasteiger partial charge is 0.254 e. The second-order valence-electron chi connectivity index (χ2n) is 3.33. The van der Waals surface area contributed by atoms with Crippen molar-refractivity contribution in [3.63, 3.8) is 0 Å². The fraction of sp³-hybridized carbons (Fsp3) is 0.300. The van der Waals surface area contributed by atoms with Gasteiger partial charge in [0.1, 0.15) is 5.82 Å². The fourth-order valence-corrected chi connectivity index (χ4v) is 1.46. The Bertz CT molecular complexity index is 367. The van der Waals surface area contributed by atoms with E-state index in [2.05, 4.69) is 4.98 Å². The van der Waals surface area contributed by atoms with Crippen molar-refractivity contribution in [1.29, 1.82) is 0 Å². The van der Waals surface area contributed by atoms with E-state index in [1.54, 1.807) is 0 Å². The normalized spacial score (nSPS) is 19.5. The lowest BCUT2D eigenvalue weighted by Crippen LogP contribution is -2.09. The molecule has 1 heterocycles. The molecule has 0 aliphatic heterocycles. The van der Waals surface area contributed by atoms with Gasteiger partial charge in [-0.3, -0.25) is 4.98 Å². The van der Waals surface area contributed by atoms with Crippen LogP contribution in [0.5, 0.6) is 0 Å². The van der Waals surface area contributed by atoms with Gasteiger partial charge in [0.15, 0.2) is 0 Å². The molecule has 0 radical (unpaired) electrons. The molecule has 0 bridgehead atoms. The van der Waals surface area contributed by atoms with E-state index >= 15 is 0 Å². The summed E-state index contributed by atoms with van der Waals surface area (Å²) < 4.78 is 38.1. The number of halogens is 3. The van der Waals surface area contributed by atoms with E-state index in [4.69, 9.17) is 0 Å². The summed E-state index contributed by atoms with van der Waals surface area (Å²) in [5.74, 6) is -3.12. The van der Waals surface area contributed by atoms with E-state index in [0.29, 0.717) is 11.3 Å². The van der Waals surface area contributed by atoms with E-state index in [0.717, 1.165) is 6.20 Å². The van der Waals surface area contributed by atoms with Gasteiger partial charge in [-0.05, 0) is 17.7 Å². The first-order valence-electron chi connectivity index (χ1n) is 4.26. The van der Waals surface area contributed by atoms with Crippen molar-refractivity contribution in [2.24, 2.45) is 0 Å². The number of rotatable bonds is 1. The van der Waals surface area contributed by atoms with Crippen LogP contribution in [-0.4, -0.2) is 10.9 Å². The molecule has 0 aromatic carbocycles. The lowest BCUT2D eigenvalue weighted by molar-refractivity contribution is 0.0171. The van der Waals surface area contributed by atoms with Crippen molar-refractivity contribution in [3.8, 4) is 0 Å². The monoisotopic (exact) mass is 199 g/mol. The number of hydrogen-bond donors (Lipinski definition) is 0. The Morgan fingerprint density at radius 1 is 1.29 bits per heavy atom. The minimum Gasteiger partial charge on any atom is -0.254 e. The predicted octanol–water partition coefficient (Wildman–Crippen LogP) is 3.03. The van der Waals surface area contributed by atoms with E-state index < -0.39 is 11.7 Å². The molecular formula is C10H8F3N. The SMILES string of the molecule is Fc1ccc(C2=CCC(F)(F)C2)nc1. The van der Waals surface area contributed by atoms with Gasteiger partial charge in [-0.25, -0.2) is 13.2 Å². The average Bonchev–Trinajstić information content (AvgIpc) is 2.47. The number of hydrogen-bond acceptors (Lipinski definition) is 1. The minimum absolute atomic E-state index is 0.249. The highest BCUT2D eigenvalue weighted by Crippen LogP contribution is 2.38. The van der Waals surface area contributed by atoms with Crippen molar-refractivity contribution in [3.05, 3.63) is 35.9 Å². The summed E-state index contributed by atoms with van der Waals surface area (Å²) in [5.41, 5.74) is 0.929. The molecule has 0 atom stereocenters. The molecule has 1 aromatic rings.